The summed E-state index contributed by atoms with van der Waals surface area (Å²) >= 11 is 0. The Hall–Kier alpha value is 0.850. The molecule has 0 aromatic carbocycles. The third-order valence-electron chi connectivity index (χ3n) is 4.71. The fourth-order valence-electron chi connectivity index (χ4n) is 3.02. The Kier molecular flexibility index (Phi) is 27.2. The molecule has 0 spiro atoms. The van der Waals surface area contributed by atoms with Crippen molar-refractivity contribution >= 4 is 22.1 Å². The van der Waals surface area contributed by atoms with Gasteiger partial charge in [0, 0.05) is 12.4 Å². The Morgan fingerprint density at radius 1 is 0.767 bits per heavy atom. The largest absolute Gasteiger partial charge is 1.00 e. The van der Waals surface area contributed by atoms with E-state index < -0.39 is 33.7 Å². The minimum absolute atomic E-state index is 0. The van der Waals surface area contributed by atoms with Crippen LogP contribution in [0.5, 0.6) is 0 Å². The molecule has 0 saturated heterocycles. The van der Waals surface area contributed by atoms with Crippen LogP contribution in [0.25, 0.3) is 0 Å². The zero-order valence-corrected chi connectivity index (χ0v) is 24.0. The first kappa shape index (κ1) is 35.4. The van der Waals surface area contributed by atoms with Gasteiger partial charge in [-0.2, -0.15) is 0 Å². The molecule has 0 aliphatic heterocycles. The van der Waals surface area contributed by atoms with Crippen LogP contribution in [0, 0.1) is 0 Å². The maximum Gasteiger partial charge on any atom is 1.00 e. The third-order valence-corrected chi connectivity index (χ3v) is 5.76. The number of esters is 1. The van der Waals surface area contributed by atoms with Gasteiger partial charge in [-0.25, -0.2) is 8.42 Å². The molecule has 0 radical (unpaired) electrons. The minimum Gasteiger partial charge on any atom is -0.747 e. The van der Waals surface area contributed by atoms with E-state index in [4.69, 9.17) is 4.74 Å². The van der Waals surface area contributed by atoms with Crippen LogP contribution >= 0.6 is 0 Å². The zero-order chi connectivity index (χ0) is 21.3. The van der Waals surface area contributed by atoms with Crippen molar-refractivity contribution in [1.29, 1.82) is 0 Å². The average molecular weight is 467 g/mol. The number of hydrogen-bond donors (Lipinski definition) is 0. The molecule has 0 fully saturated rings. The van der Waals surface area contributed by atoms with E-state index in [0.29, 0.717) is 6.42 Å². The summed E-state index contributed by atoms with van der Waals surface area (Å²) in [4.78, 5) is 22.0. The molecular weight excluding hydrogens is 430 g/mol. The second-order valence-electron chi connectivity index (χ2n) is 7.32. The fraction of sp³-hybridized carbons (Fsp3) is 0.900. The van der Waals surface area contributed by atoms with Gasteiger partial charge >= 0.3 is 65.1 Å². The normalized spacial score (nSPS) is 11.8. The predicted octanol–water partition coefficient (Wildman–Crippen LogP) is -2.93. The summed E-state index contributed by atoms with van der Waals surface area (Å²) in [5.74, 6) is -3.09. The second kappa shape index (κ2) is 23.0. The first-order chi connectivity index (χ1) is 13.3. The van der Waals surface area contributed by atoms with Gasteiger partial charge in [0.1, 0.15) is 10.1 Å². The second-order valence-corrected chi connectivity index (χ2v) is 8.88. The van der Waals surface area contributed by atoms with Crippen molar-refractivity contribution in [2.75, 3.05) is 6.61 Å². The Labute approximate surface area is 226 Å². The summed E-state index contributed by atoms with van der Waals surface area (Å²) < 4.78 is 37.5. The molecular formula is C20H36Na2O7S. The van der Waals surface area contributed by atoms with E-state index in [0.717, 1.165) is 19.3 Å². The molecule has 0 heterocycles. The van der Waals surface area contributed by atoms with Crippen LogP contribution in [-0.2, 0) is 24.4 Å². The van der Waals surface area contributed by atoms with Crippen LogP contribution in [0.2, 0.25) is 0 Å². The number of carboxylic acid groups (broad SMARTS) is 1. The van der Waals surface area contributed by atoms with Crippen LogP contribution < -0.4 is 64.2 Å². The molecule has 0 aliphatic rings. The molecule has 0 saturated carbocycles. The predicted molar refractivity (Wildman–Crippen MR) is 104 cm³/mol. The Balaban J connectivity index is -0.00000364. The molecule has 0 N–H and O–H groups in total. The average Bonchev–Trinajstić information content (AvgIpc) is 2.61. The molecule has 1 unspecified atom stereocenters. The van der Waals surface area contributed by atoms with E-state index in [9.17, 15) is 27.7 Å². The van der Waals surface area contributed by atoms with Gasteiger partial charge in [-0.3, -0.25) is 4.79 Å². The van der Waals surface area contributed by atoms with Crippen molar-refractivity contribution < 1.29 is 91.5 Å². The van der Waals surface area contributed by atoms with E-state index in [1.165, 1.54) is 64.2 Å². The summed E-state index contributed by atoms with van der Waals surface area (Å²) in [6.45, 7) is 2.21. The number of carbonyl (C=O) groups excluding carboxylic acids is 2. The molecule has 10 heteroatoms. The Bertz CT molecular complexity index is 527. The maximum atomic E-state index is 11.6. The van der Waals surface area contributed by atoms with Gasteiger partial charge in [-0.15, -0.1) is 0 Å². The van der Waals surface area contributed by atoms with Crippen molar-refractivity contribution in [2.45, 2.75) is 108 Å². The number of carboxylic acids is 1. The summed E-state index contributed by atoms with van der Waals surface area (Å²) in [5, 5.41) is 8.22. The van der Waals surface area contributed by atoms with Gasteiger partial charge in [0.15, 0.2) is 5.25 Å². The standard InChI is InChI=1S/C20H38O7S.2Na/c1-2-3-4-5-6-7-8-9-10-11-12-13-14-15-16-27-20(23)18(17-19(21)22)28(24,25)26;;/h18H,2-17H2,1H3,(H,21,22)(H,24,25,26);;/q;2*+1/p-2. The zero-order valence-electron chi connectivity index (χ0n) is 19.2. The first-order valence-electron chi connectivity index (χ1n) is 10.6. The van der Waals surface area contributed by atoms with E-state index in [1.807, 2.05) is 0 Å². The molecule has 30 heavy (non-hydrogen) atoms. The summed E-state index contributed by atoms with van der Waals surface area (Å²) in [7, 11) is -5.08. The van der Waals surface area contributed by atoms with Crippen LogP contribution in [-0.4, -0.2) is 36.8 Å². The molecule has 0 aromatic rings. The number of aliphatic carboxylic acids is 1. The molecule has 0 rings (SSSR count). The topological polar surface area (TPSA) is 124 Å². The number of unbranched alkanes of at least 4 members (excludes halogenated alkanes) is 13. The van der Waals surface area contributed by atoms with Crippen molar-refractivity contribution in [3.05, 3.63) is 0 Å². The third kappa shape index (κ3) is 22.1. The van der Waals surface area contributed by atoms with E-state index in [1.54, 1.807) is 0 Å². The molecule has 1 atom stereocenters. The van der Waals surface area contributed by atoms with Gasteiger partial charge in [-0.1, -0.05) is 90.4 Å². The fourth-order valence-corrected chi connectivity index (χ4v) is 3.66. The van der Waals surface area contributed by atoms with Crippen LogP contribution in [0.3, 0.4) is 0 Å². The van der Waals surface area contributed by atoms with Crippen molar-refractivity contribution in [3.63, 3.8) is 0 Å². The maximum absolute atomic E-state index is 11.6. The molecule has 7 nitrogen and oxygen atoms in total. The number of ether oxygens (including phenoxy) is 1. The molecule has 0 aromatic heterocycles. The number of carbonyl (C=O) groups is 2. The summed E-state index contributed by atoms with van der Waals surface area (Å²) in [6, 6.07) is 0. The van der Waals surface area contributed by atoms with Crippen LogP contribution in [0.1, 0.15) is 103 Å². The van der Waals surface area contributed by atoms with Gasteiger partial charge in [0.25, 0.3) is 0 Å². The summed E-state index contributed by atoms with van der Waals surface area (Å²) in [5.41, 5.74) is 0. The monoisotopic (exact) mass is 466 g/mol. The number of hydrogen-bond acceptors (Lipinski definition) is 7. The Morgan fingerprint density at radius 3 is 1.47 bits per heavy atom. The van der Waals surface area contributed by atoms with Crippen LogP contribution in [0.15, 0.2) is 0 Å². The molecule has 0 aliphatic carbocycles. The SMILES string of the molecule is CCCCCCCCCCCCCCCCOC(=O)C(CC(=O)[O-])S(=O)(=O)[O-].[Na+].[Na+]. The van der Waals surface area contributed by atoms with E-state index in [-0.39, 0.29) is 65.7 Å². The van der Waals surface area contributed by atoms with Crippen molar-refractivity contribution in [2.24, 2.45) is 0 Å². The van der Waals surface area contributed by atoms with Crippen molar-refractivity contribution in [3.8, 4) is 0 Å². The van der Waals surface area contributed by atoms with E-state index >= 15 is 0 Å². The number of rotatable bonds is 19. The smallest absolute Gasteiger partial charge is 0.747 e. The van der Waals surface area contributed by atoms with Gasteiger partial charge in [-0.05, 0) is 6.42 Å². The molecule has 0 bridgehead atoms. The molecule has 166 valence electrons. The first-order valence-corrected chi connectivity index (χ1v) is 12.1. The van der Waals surface area contributed by atoms with Gasteiger partial charge in [0.05, 0.1) is 6.61 Å². The summed E-state index contributed by atoms with van der Waals surface area (Å²) in [6.07, 6.45) is 15.3. The van der Waals surface area contributed by atoms with Gasteiger partial charge in [0.2, 0.25) is 0 Å². The van der Waals surface area contributed by atoms with Gasteiger partial charge < -0.3 is 19.2 Å². The van der Waals surface area contributed by atoms with Crippen molar-refractivity contribution in [1.82, 2.24) is 0 Å². The Morgan fingerprint density at radius 2 is 1.13 bits per heavy atom. The quantitative estimate of drug-likeness (QED) is 0.0864. The van der Waals surface area contributed by atoms with Crippen LogP contribution in [0.4, 0.5) is 0 Å². The minimum atomic E-state index is -5.08. The molecule has 0 amide bonds. The van der Waals surface area contributed by atoms with E-state index in [2.05, 4.69) is 6.92 Å².